The highest BCUT2D eigenvalue weighted by molar-refractivity contribution is 7.99. The molecule has 0 aromatic heterocycles. The van der Waals surface area contributed by atoms with E-state index in [2.05, 4.69) is 10.6 Å². The summed E-state index contributed by atoms with van der Waals surface area (Å²) in [5.74, 6) is -0.298. The van der Waals surface area contributed by atoms with Gasteiger partial charge in [-0.25, -0.2) is 8.42 Å². The number of sulfone groups is 1. The molecule has 3 rings (SSSR count). The Bertz CT molecular complexity index is 1060. The van der Waals surface area contributed by atoms with Crippen molar-refractivity contribution in [2.75, 3.05) is 22.1 Å². The van der Waals surface area contributed by atoms with Gasteiger partial charge in [0.1, 0.15) is 0 Å². The first-order valence-electron chi connectivity index (χ1n) is 9.33. The highest BCUT2D eigenvalue weighted by Crippen LogP contribution is 2.34. The first-order chi connectivity index (χ1) is 13.7. The highest BCUT2D eigenvalue weighted by atomic mass is 32.2. The normalized spacial score (nSPS) is 16.5. The number of nitrogens with one attached hydrogen (secondary N) is 2. The molecule has 0 aliphatic carbocycles. The predicted molar refractivity (Wildman–Crippen MR) is 116 cm³/mol. The third kappa shape index (κ3) is 5.19. The molecule has 1 aliphatic heterocycles. The topological polar surface area (TPSA) is 92.3 Å². The Kier molecular flexibility index (Phi) is 6.33. The molecule has 6 nitrogen and oxygen atoms in total. The number of anilines is 2. The summed E-state index contributed by atoms with van der Waals surface area (Å²) < 4.78 is 25.4. The Balaban J connectivity index is 1.68. The molecule has 154 valence electrons. The smallest absolute Gasteiger partial charge is 0.228 e. The zero-order valence-corrected chi connectivity index (χ0v) is 18.2. The number of hydrogen-bond acceptors (Lipinski definition) is 5. The number of carbonyl (C=O) groups excluding carboxylic acids is 2. The van der Waals surface area contributed by atoms with Crippen LogP contribution in [0.15, 0.2) is 46.2 Å². The van der Waals surface area contributed by atoms with Gasteiger partial charge in [-0.15, -0.1) is 11.8 Å². The van der Waals surface area contributed by atoms with Crippen molar-refractivity contribution in [2.24, 2.45) is 5.92 Å². The van der Waals surface area contributed by atoms with E-state index < -0.39 is 9.84 Å². The fourth-order valence-corrected chi connectivity index (χ4v) is 5.13. The maximum Gasteiger partial charge on any atom is 0.228 e. The average Bonchev–Trinajstić information content (AvgIpc) is 2.81. The van der Waals surface area contributed by atoms with E-state index in [1.54, 1.807) is 12.1 Å². The largest absolute Gasteiger partial charge is 0.326 e. The third-order valence-corrected chi connectivity index (χ3v) is 7.94. The van der Waals surface area contributed by atoms with Gasteiger partial charge in [0.25, 0.3) is 0 Å². The average molecular weight is 433 g/mol. The van der Waals surface area contributed by atoms with Crippen LogP contribution in [-0.2, 0) is 19.4 Å². The summed E-state index contributed by atoms with van der Waals surface area (Å²) >= 11 is 1.52. The lowest BCUT2D eigenvalue weighted by Crippen LogP contribution is -2.20. The minimum atomic E-state index is -3.66. The Morgan fingerprint density at radius 2 is 1.93 bits per heavy atom. The van der Waals surface area contributed by atoms with E-state index in [1.807, 2.05) is 32.9 Å². The molecule has 1 heterocycles. The van der Waals surface area contributed by atoms with Crippen LogP contribution >= 0.6 is 11.8 Å². The minimum absolute atomic E-state index is 0.102. The Hall–Kier alpha value is -2.32. The number of hydrogen-bond donors (Lipinski definition) is 2. The number of fused-ring (bicyclic) bond motifs is 1. The molecule has 2 aromatic rings. The van der Waals surface area contributed by atoms with E-state index in [4.69, 9.17) is 0 Å². The zero-order chi connectivity index (χ0) is 21.2. The quantitative estimate of drug-likeness (QED) is 0.750. The summed E-state index contributed by atoms with van der Waals surface area (Å²) in [6.07, 6.45) is -0.148. The van der Waals surface area contributed by atoms with Crippen molar-refractivity contribution in [2.45, 2.75) is 37.0 Å². The van der Waals surface area contributed by atoms with Gasteiger partial charge in [0.15, 0.2) is 9.84 Å². The molecular formula is C21H24N2O4S2. The van der Waals surface area contributed by atoms with Crippen molar-refractivity contribution in [3.8, 4) is 0 Å². The monoisotopic (exact) mass is 432 g/mol. The molecule has 0 saturated heterocycles. The summed E-state index contributed by atoms with van der Waals surface area (Å²) in [5, 5.41) is 5.53. The lowest BCUT2D eigenvalue weighted by molar-refractivity contribution is -0.118. The van der Waals surface area contributed by atoms with E-state index in [9.17, 15) is 18.0 Å². The maximum absolute atomic E-state index is 12.7. The van der Waals surface area contributed by atoms with Gasteiger partial charge in [-0.2, -0.15) is 0 Å². The van der Waals surface area contributed by atoms with Crippen LogP contribution in [0.25, 0.3) is 0 Å². The van der Waals surface area contributed by atoms with Gasteiger partial charge < -0.3 is 10.6 Å². The summed E-state index contributed by atoms with van der Waals surface area (Å²) in [5.41, 5.74) is 3.32. The lowest BCUT2D eigenvalue weighted by atomic mass is 10.1. The Morgan fingerprint density at radius 1 is 1.17 bits per heavy atom. The number of amides is 2. The van der Waals surface area contributed by atoms with Gasteiger partial charge >= 0.3 is 0 Å². The van der Waals surface area contributed by atoms with Crippen molar-refractivity contribution < 1.29 is 18.0 Å². The van der Waals surface area contributed by atoms with E-state index in [0.717, 1.165) is 16.0 Å². The fraction of sp³-hybridized carbons (Fsp3) is 0.333. The second-order valence-electron chi connectivity index (χ2n) is 7.28. The molecule has 0 bridgehead atoms. The summed E-state index contributed by atoms with van der Waals surface area (Å²) in [6, 6.07) is 10.3. The van der Waals surface area contributed by atoms with Crippen LogP contribution in [0.4, 0.5) is 11.4 Å². The predicted octanol–water partition coefficient (Wildman–Crippen LogP) is 3.79. The molecule has 0 fully saturated rings. The molecule has 0 radical (unpaired) electrons. The van der Waals surface area contributed by atoms with Gasteiger partial charge in [0, 0.05) is 28.7 Å². The second-order valence-corrected chi connectivity index (χ2v) is 10.4. The van der Waals surface area contributed by atoms with Crippen molar-refractivity contribution in [3.05, 3.63) is 47.5 Å². The summed E-state index contributed by atoms with van der Waals surface area (Å²) in [7, 11) is -3.66. The molecule has 29 heavy (non-hydrogen) atoms. The van der Waals surface area contributed by atoms with Crippen LogP contribution in [0.2, 0.25) is 0 Å². The van der Waals surface area contributed by atoms with Gasteiger partial charge in [-0.3, -0.25) is 9.59 Å². The molecule has 0 spiro atoms. The fourth-order valence-electron chi connectivity index (χ4n) is 2.86. The van der Waals surface area contributed by atoms with Crippen LogP contribution in [0.1, 0.15) is 24.5 Å². The lowest BCUT2D eigenvalue weighted by Gasteiger charge is -2.11. The first-order valence-corrected chi connectivity index (χ1v) is 12.0. The molecule has 2 aromatic carbocycles. The van der Waals surface area contributed by atoms with Crippen molar-refractivity contribution in [1.82, 2.24) is 0 Å². The number of rotatable bonds is 5. The minimum Gasteiger partial charge on any atom is -0.326 e. The van der Waals surface area contributed by atoms with E-state index >= 15 is 0 Å². The number of aryl methyl sites for hydroxylation is 2. The van der Waals surface area contributed by atoms with Gasteiger partial charge in [0.2, 0.25) is 11.8 Å². The molecule has 1 atom stereocenters. The zero-order valence-electron chi connectivity index (χ0n) is 16.6. The standard InChI is InChI=1S/C21H24N2O4S2/c1-13-4-5-16(10-14(13)2)22-20(24)8-9-29(26,27)17-6-7-19-18(11-17)23-21(25)15(3)12-28-19/h4-7,10-11,15H,8-9,12H2,1-3H3,(H,22,24)(H,23,25)/t15-/m0/s1. The molecule has 1 aliphatic rings. The molecule has 0 unspecified atom stereocenters. The van der Waals surface area contributed by atoms with Crippen molar-refractivity contribution in [1.29, 1.82) is 0 Å². The first kappa shape index (κ1) is 21.4. The van der Waals surface area contributed by atoms with E-state index in [0.29, 0.717) is 17.1 Å². The molecule has 0 saturated carbocycles. The van der Waals surface area contributed by atoms with Crippen LogP contribution in [0, 0.1) is 19.8 Å². The summed E-state index contributed by atoms with van der Waals surface area (Å²) in [4.78, 5) is 25.2. The van der Waals surface area contributed by atoms with Crippen LogP contribution in [-0.4, -0.2) is 31.7 Å². The van der Waals surface area contributed by atoms with Gasteiger partial charge in [-0.05, 0) is 55.3 Å². The molecule has 8 heteroatoms. The number of benzene rings is 2. The third-order valence-electron chi connectivity index (χ3n) is 4.89. The van der Waals surface area contributed by atoms with Crippen LogP contribution in [0.5, 0.6) is 0 Å². The second kappa shape index (κ2) is 8.59. The summed E-state index contributed by atoms with van der Waals surface area (Å²) in [6.45, 7) is 5.77. The molecular weight excluding hydrogens is 408 g/mol. The van der Waals surface area contributed by atoms with Crippen molar-refractivity contribution >= 4 is 44.8 Å². The Labute approximate surface area is 175 Å². The van der Waals surface area contributed by atoms with Gasteiger partial charge in [0.05, 0.1) is 16.3 Å². The number of thioether (sulfide) groups is 1. The molecule has 2 N–H and O–H groups in total. The van der Waals surface area contributed by atoms with Gasteiger partial charge in [-0.1, -0.05) is 13.0 Å². The van der Waals surface area contributed by atoms with Crippen LogP contribution < -0.4 is 10.6 Å². The SMILES string of the molecule is Cc1ccc(NC(=O)CCS(=O)(=O)c2ccc3c(c2)NC(=O)[C@@H](C)CS3)cc1C. The maximum atomic E-state index is 12.7. The van der Waals surface area contributed by atoms with Crippen LogP contribution in [0.3, 0.4) is 0 Å². The highest BCUT2D eigenvalue weighted by Gasteiger charge is 2.23. The van der Waals surface area contributed by atoms with E-state index in [-0.39, 0.29) is 34.8 Å². The Morgan fingerprint density at radius 3 is 2.66 bits per heavy atom. The van der Waals surface area contributed by atoms with Crippen molar-refractivity contribution in [3.63, 3.8) is 0 Å². The molecule has 2 amide bonds. The number of carbonyl (C=O) groups is 2. The van der Waals surface area contributed by atoms with E-state index in [1.165, 1.54) is 23.9 Å².